The van der Waals surface area contributed by atoms with E-state index in [-0.39, 0.29) is 29.8 Å². The average molecular weight is 626 g/mol. The number of aliphatic hydroxyl groups excluding tert-OH is 1. The molecular formula is C33H48FN7O4. The van der Waals surface area contributed by atoms with Crippen LogP contribution in [0.3, 0.4) is 0 Å². The number of aryl methyl sites for hydroxylation is 1. The van der Waals surface area contributed by atoms with Gasteiger partial charge in [-0.1, -0.05) is 19.9 Å². The van der Waals surface area contributed by atoms with Crippen molar-refractivity contribution in [3.05, 3.63) is 47.5 Å². The maximum atomic E-state index is 15.7. The third kappa shape index (κ3) is 7.90. The molecule has 0 bridgehead atoms. The molecule has 3 aliphatic rings. The minimum Gasteiger partial charge on any atom is -0.376 e. The topological polar surface area (TPSA) is 132 Å². The number of benzene rings is 1. The molecule has 2 heterocycles. The molecule has 2 aliphatic carbocycles. The molecule has 1 aromatic carbocycles. The number of aromatic nitrogens is 2. The third-order valence-electron chi connectivity index (χ3n) is 9.73. The van der Waals surface area contributed by atoms with E-state index in [1.165, 1.54) is 12.1 Å². The molecule has 3 amide bonds. The molecule has 2 saturated carbocycles. The molecule has 45 heavy (non-hydrogen) atoms. The van der Waals surface area contributed by atoms with Gasteiger partial charge in [0, 0.05) is 51.3 Å². The summed E-state index contributed by atoms with van der Waals surface area (Å²) >= 11 is 0. The van der Waals surface area contributed by atoms with E-state index in [4.69, 9.17) is 0 Å². The molecule has 1 aromatic heterocycles. The molecule has 1 aliphatic heterocycles. The van der Waals surface area contributed by atoms with E-state index in [0.29, 0.717) is 42.7 Å². The average Bonchev–Trinajstić information content (AvgIpc) is 3.99. The highest BCUT2D eigenvalue weighted by atomic mass is 19.1. The van der Waals surface area contributed by atoms with Gasteiger partial charge in [0.15, 0.2) is 0 Å². The van der Waals surface area contributed by atoms with Crippen molar-refractivity contribution in [2.45, 2.75) is 83.6 Å². The van der Waals surface area contributed by atoms with Crippen LogP contribution in [0, 0.1) is 23.6 Å². The fourth-order valence-corrected chi connectivity index (χ4v) is 6.61. The van der Waals surface area contributed by atoms with Gasteiger partial charge in [0.2, 0.25) is 11.8 Å². The van der Waals surface area contributed by atoms with E-state index in [1.54, 1.807) is 29.9 Å². The number of nitrogens with one attached hydrogen (secondary N) is 3. The molecule has 4 N–H and O–H groups in total. The van der Waals surface area contributed by atoms with Crippen LogP contribution in [0.5, 0.6) is 0 Å². The van der Waals surface area contributed by atoms with E-state index in [1.807, 2.05) is 25.8 Å². The fourth-order valence-electron chi connectivity index (χ4n) is 6.61. The van der Waals surface area contributed by atoms with Crippen LogP contribution in [-0.2, 0) is 16.1 Å². The van der Waals surface area contributed by atoms with Gasteiger partial charge >= 0.3 is 0 Å². The molecule has 12 heteroatoms. The molecular weight excluding hydrogens is 577 g/mol. The summed E-state index contributed by atoms with van der Waals surface area (Å²) in [5, 5.41) is 24.2. The van der Waals surface area contributed by atoms with Crippen LogP contribution in [0.1, 0.15) is 74.8 Å². The van der Waals surface area contributed by atoms with Gasteiger partial charge in [0.1, 0.15) is 23.8 Å². The summed E-state index contributed by atoms with van der Waals surface area (Å²) in [6.07, 6.45) is 4.96. The van der Waals surface area contributed by atoms with Gasteiger partial charge in [-0.3, -0.25) is 24.0 Å². The Hall–Kier alpha value is -3.35. The molecule has 0 radical (unpaired) electrons. The molecule has 1 unspecified atom stereocenters. The predicted octanol–water partition coefficient (Wildman–Crippen LogP) is 2.78. The Bertz CT molecular complexity index is 1340. The summed E-state index contributed by atoms with van der Waals surface area (Å²) in [5.41, 5.74) is 0.994. The molecule has 3 fully saturated rings. The van der Waals surface area contributed by atoms with Crippen molar-refractivity contribution in [1.82, 2.24) is 30.2 Å². The highest BCUT2D eigenvalue weighted by Gasteiger charge is 2.48. The zero-order valence-corrected chi connectivity index (χ0v) is 26.8. The van der Waals surface area contributed by atoms with Crippen molar-refractivity contribution in [3.8, 4) is 0 Å². The summed E-state index contributed by atoms with van der Waals surface area (Å²) in [6.45, 7) is 8.94. The van der Waals surface area contributed by atoms with Gasteiger partial charge in [-0.25, -0.2) is 4.39 Å². The second kappa shape index (κ2) is 14.4. The summed E-state index contributed by atoms with van der Waals surface area (Å²) in [5.74, 6) is -1.32. The number of rotatable bonds is 14. The van der Waals surface area contributed by atoms with Crippen LogP contribution >= 0.6 is 0 Å². The van der Waals surface area contributed by atoms with Crippen molar-refractivity contribution in [2.24, 2.45) is 17.8 Å². The number of carbonyl (C=O) groups is 3. The van der Waals surface area contributed by atoms with E-state index in [0.717, 1.165) is 38.8 Å². The van der Waals surface area contributed by atoms with Crippen LogP contribution in [0.2, 0.25) is 0 Å². The number of halogens is 1. The highest BCUT2D eigenvalue weighted by molar-refractivity contribution is 6.00. The summed E-state index contributed by atoms with van der Waals surface area (Å²) in [4.78, 5) is 43.7. The van der Waals surface area contributed by atoms with Crippen LogP contribution in [0.25, 0.3) is 0 Å². The first-order valence-electron chi connectivity index (χ1n) is 16.4. The molecule has 4 atom stereocenters. The van der Waals surface area contributed by atoms with Crippen molar-refractivity contribution in [2.75, 3.05) is 38.5 Å². The van der Waals surface area contributed by atoms with Gasteiger partial charge in [-0.15, -0.1) is 0 Å². The quantitative estimate of drug-likeness (QED) is 0.254. The number of aliphatic hydroxyl groups is 1. The second-order valence-electron chi connectivity index (χ2n) is 13.0. The number of likely N-dealkylation sites (N-methyl/N-ethyl adjacent to an activating group) is 1. The standard InChI is InChI=1S/C33H48FN7O4/c1-5-27(42)37-29(33(45)40-17-15-39(4)16-18-40)20(3)23-11-12-25(24(34)19-23)36-32(44)30(28(21-7-8-21)22-9-10-22)38-31(43)26-13-14-35-41(26)6-2/h11-14,19-22,28-30,33,45H,5-10,15-18H2,1-4H3,(H,36,44)(H,37,42)(H,38,43)/t20-,29+,30-,33?/m0/s1. The number of hydrogen-bond donors (Lipinski definition) is 4. The summed E-state index contributed by atoms with van der Waals surface area (Å²) < 4.78 is 17.3. The zero-order valence-electron chi connectivity index (χ0n) is 26.8. The van der Waals surface area contributed by atoms with Gasteiger partial charge in [0.25, 0.3) is 5.91 Å². The fraction of sp³-hybridized carbons (Fsp3) is 0.636. The first-order valence-corrected chi connectivity index (χ1v) is 16.4. The predicted molar refractivity (Wildman–Crippen MR) is 169 cm³/mol. The first kappa shape index (κ1) is 33.0. The Morgan fingerprint density at radius 2 is 1.69 bits per heavy atom. The lowest BCUT2D eigenvalue weighted by molar-refractivity contribution is -0.125. The smallest absolute Gasteiger partial charge is 0.270 e. The van der Waals surface area contributed by atoms with Gasteiger partial charge < -0.3 is 26.0 Å². The maximum Gasteiger partial charge on any atom is 0.270 e. The van der Waals surface area contributed by atoms with Crippen LogP contribution in [0.4, 0.5) is 10.1 Å². The Morgan fingerprint density at radius 3 is 2.27 bits per heavy atom. The number of nitrogens with zero attached hydrogens (tertiary/aromatic N) is 4. The molecule has 5 rings (SSSR count). The Labute approximate surface area is 264 Å². The number of anilines is 1. The van der Waals surface area contributed by atoms with Crippen LogP contribution in [0.15, 0.2) is 30.5 Å². The minimum absolute atomic E-state index is 0.00620. The van der Waals surface area contributed by atoms with Crippen LogP contribution in [-0.4, -0.2) is 93.9 Å². The molecule has 2 aromatic rings. The van der Waals surface area contributed by atoms with Gasteiger partial charge in [0.05, 0.1) is 11.7 Å². The lowest BCUT2D eigenvalue weighted by Gasteiger charge is -2.40. The monoisotopic (exact) mass is 625 g/mol. The van der Waals surface area contributed by atoms with E-state index >= 15 is 4.39 Å². The number of piperazine rings is 1. The van der Waals surface area contributed by atoms with Gasteiger partial charge in [-0.2, -0.15) is 5.10 Å². The number of amides is 3. The minimum atomic E-state index is -0.943. The Morgan fingerprint density at radius 1 is 1.02 bits per heavy atom. The summed E-state index contributed by atoms with van der Waals surface area (Å²) in [6, 6.07) is 4.77. The first-order chi connectivity index (χ1) is 21.6. The molecule has 1 saturated heterocycles. The largest absolute Gasteiger partial charge is 0.376 e. The van der Waals surface area contributed by atoms with E-state index < -0.39 is 36.0 Å². The van der Waals surface area contributed by atoms with E-state index in [2.05, 4.69) is 25.9 Å². The zero-order chi connectivity index (χ0) is 32.2. The molecule has 11 nitrogen and oxygen atoms in total. The van der Waals surface area contributed by atoms with E-state index in [9.17, 15) is 19.5 Å². The second-order valence-corrected chi connectivity index (χ2v) is 13.0. The Kier molecular flexibility index (Phi) is 10.6. The third-order valence-corrected chi connectivity index (χ3v) is 9.73. The molecule has 0 spiro atoms. The van der Waals surface area contributed by atoms with Crippen molar-refractivity contribution in [1.29, 1.82) is 0 Å². The lowest BCUT2D eigenvalue weighted by atomic mass is 9.88. The molecule has 246 valence electrons. The van der Waals surface area contributed by atoms with Gasteiger partial charge in [-0.05, 0) is 81.2 Å². The number of hydrogen-bond acceptors (Lipinski definition) is 7. The van der Waals surface area contributed by atoms with Crippen molar-refractivity contribution >= 4 is 23.4 Å². The lowest BCUT2D eigenvalue weighted by Crippen LogP contribution is -2.58. The van der Waals surface area contributed by atoms with Crippen molar-refractivity contribution < 1.29 is 23.9 Å². The highest BCUT2D eigenvalue weighted by Crippen LogP contribution is 2.51. The van der Waals surface area contributed by atoms with Crippen LogP contribution < -0.4 is 16.0 Å². The van der Waals surface area contributed by atoms with Crippen molar-refractivity contribution in [3.63, 3.8) is 0 Å². The SMILES string of the molecule is CCC(=O)N[C@@H](C(O)N1CCN(C)CC1)[C@@H](C)c1ccc(NC(=O)[C@@H](NC(=O)c2ccnn2CC)C(C2CC2)C2CC2)c(F)c1. The Balaban J connectivity index is 1.33. The number of carbonyl (C=O) groups excluding carboxylic acids is 3. The normalized spacial score (nSPS) is 20.3. The maximum absolute atomic E-state index is 15.7. The summed E-state index contributed by atoms with van der Waals surface area (Å²) in [7, 11) is 2.03.